The van der Waals surface area contributed by atoms with Crippen LogP contribution < -0.4 is 5.32 Å². The van der Waals surface area contributed by atoms with Crippen LogP contribution in [0, 0.1) is 11.3 Å². The van der Waals surface area contributed by atoms with Gasteiger partial charge in [0, 0.05) is 4.47 Å². The molecule has 0 aliphatic heterocycles. The van der Waals surface area contributed by atoms with Gasteiger partial charge in [0.2, 0.25) is 0 Å². The van der Waals surface area contributed by atoms with E-state index in [1.54, 1.807) is 18.2 Å². The van der Waals surface area contributed by atoms with Crippen LogP contribution in [0.2, 0.25) is 15.2 Å². The van der Waals surface area contributed by atoms with Gasteiger partial charge in [-0.1, -0.05) is 50.7 Å². The second-order valence-electron chi connectivity index (χ2n) is 3.52. The zero-order valence-corrected chi connectivity index (χ0v) is 13.1. The fourth-order valence-electron chi connectivity index (χ4n) is 1.38. The summed E-state index contributed by atoms with van der Waals surface area (Å²) in [5.41, 5.74) is 1.04. The fraction of sp³-hybridized carbons (Fsp3) is 0. The van der Waals surface area contributed by atoms with Crippen molar-refractivity contribution in [2.45, 2.75) is 0 Å². The summed E-state index contributed by atoms with van der Waals surface area (Å²) in [7, 11) is 0. The third-order valence-corrected chi connectivity index (χ3v) is 3.70. The topological polar surface area (TPSA) is 48.7 Å². The van der Waals surface area contributed by atoms with E-state index in [2.05, 4.69) is 32.3 Å². The average molecular weight is 377 g/mol. The van der Waals surface area contributed by atoms with Gasteiger partial charge in [-0.15, -0.1) is 0 Å². The van der Waals surface area contributed by atoms with E-state index in [9.17, 15) is 0 Å². The van der Waals surface area contributed by atoms with E-state index in [-0.39, 0.29) is 10.2 Å². The molecule has 1 aromatic carbocycles. The summed E-state index contributed by atoms with van der Waals surface area (Å²) in [4.78, 5) is 4.03. The summed E-state index contributed by atoms with van der Waals surface area (Å²) in [6, 6.07) is 8.80. The van der Waals surface area contributed by atoms with Crippen LogP contribution in [0.4, 0.5) is 11.5 Å². The zero-order valence-electron chi connectivity index (χ0n) is 9.22. The maximum atomic E-state index is 9.08. The van der Waals surface area contributed by atoms with Crippen molar-refractivity contribution >= 4 is 62.2 Å². The second kappa shape index (κ2) is 5.98. The number of aromatic nitrogens is 1. The molecule has 0 bridgehead atoms. The third kappa shape index (κ3) is 3.31. The lowest BCUT2D eigenvalue weighted by Gasteiger charge is -2.10. The first-order chi connectivity index (χ1) is 9.01. The van der Waals surface area contributed by atoms with Crippen LogP contribution in [0.1, 0.15) is 5.56 Å². The molecule has 2 rings (SSSR count). The molecule has 0 fully saturated rings. The fourth-order valence-corrected chi connectivity index (χ4v) is 2.28. The Hall–Kier alpha value is -0.990. The highest BCUT2D eigenvalue weighted by Crippen LogP contribution is 2.32. The molecular weight excluding hydrogens is 372 g/mol. The Labute approximate surface area is 133 Å². The number of anilines is 2. The molecule has 2 aromatic rings. The minimum Gasteiger partial charge on any atom is -0.338 e. The number of halogens is 4. The molecule has 0 saturated carbocycles. The van der Waals surface area contributed by atoms with E-state index < -0.39 is 0 Å². The molecule has 19 heavy (non-hydrogen) atoms. The molecule has 0 saturated heterocycles. The van der Waals surface area contributed by atoms with E-state index in [0.717, 1.165) is 4.47 Å². The Kier molecular flexibility index (Phi) is 4.54. The molecule has 7 heteroatoms. The van der Waals surface area contributed by atoms with Crippen molar-refractivity contribution in [2.75, 3.05) is 5.32 Å². The van der Waals surface area contributed by atoms with Crippen LogP contribution in [-0.2, 0) is 0 Å². The molecule has 0 aliphatic carbocycles. The van der Waals surface area contributed by atoms with Crippen LogP contribution in [0.15, 0.2) is 28.7 Å². The molecule has 0 amide bonds. The minimum absolute atomic E-state index is 0.143. The largest absolute Gasteiger partial charge is 0.338 e. The molecule has 1 aromatic heterocycles. The smallest absolute Gasteiger partial charge is 0.151 e. The summed E-state index contributed by atoms with van der Waals surface area (Å²) in [6.45, 7) is 0. The van der Waals surface area contributed by atoms with Gasteiger partial charge in [-0.2, -0.15) is 5.26 Å². The van der Waals surface area contributed by atoms with Gasteiger partial charge in [-0.25, -0.2) is 4.98 Å². The average Bonchev–Trinajstić information content (AvgIpc) is 2.37. The highest BCUT2D eigenvalue weighted by atomic mass is 79.9. The molecule has 0 aliphatic rings. The van der Waals surface area contributed by atoms with Gasteiger partial charge >= 0.3 is 0 Å². The predicted molar refractivity (Wildman–Crippen MR) is 81.4 cm³/mol. The Morgan fingerprint density at radius 3 is 2.58 bits per heavy atom. The van der Waals surface area contributed by atoms with Crippen LogP contribution in [-0.4, -0.2) is 4.98 Å². The Bertz CT molecular complexity index is 683. The first kappa shape index (κ1) is 14.4. The maximum Gasteiger partial charge on any atom is 0.151 e. The van der Waals surface area contributed by atoms with Crippen LogP contribution in [0.25, 0.3) is 0 Å². The van der Waals surface area contributed by atoms with Crippen molar-refractivity contribution in [1.82, 2.24) is 4.98 Å². The lowest BCUT2D eigenvalue weighted by molar-refractivity contribution is 1.30. The summed E-state index contributed by atoms with van der Waals surface area (Å²) < 4.78 is 0.808. The predicted octanol–water partition coefficient (Wildman–Crippen LogP) is 5.42. The summed E-state index contributed by atoms with van der Waals surface area (Å²) in [5.74, 6) is 0.342. The van der Waals surface area contributed by atoms with E-state index in [4.69, 9.17) is 40.1 Å². The van der Waals surface area contributed by atoms with E-state index in [0.29, 0.717) is 22.1 Å². The van der Waals surface area contributed by atoms with Crippen molar-refractivity contribution in [3.63, 3.8) is 0 Å². The Morgan fingerprint density at radius 1 is 1.16 bits per heavy atom. The second-order valence-corrected chi connectivity index (χ2v) is 5.61. The monoisotopic (exact) mass is 375 g/mol. The number of benzene rings is 1. The zero-order chi connectivity index (χ0) is 14.0. The number of hydrogen-bond acceptors (Lipinski definition) is 3. The van der Waals surface area contributed by atoms with E-state index in [1.165, 1.54) is 6.07 Å². The van der Waals surface area contributed by atoms with Crippen molar-refractivity contribution in [3.8, 4) is 6.07 Å². The van der Waals surface area contributed by atoms with Crippen molar-refractivity contribution in [3.05, 3.63) is 49.5 Å². The van der Waals surface area contributed by atoms with Gasteiger partial charge < -0.3 is 5.32 Å². The number of nitrogens with one attached hydrogen (secondary N) is 1. The third-order valence-electron chi connectivity index (χ3n) is 2.24. The SMILES string of the molecule is N#Cc1cc(Br)ccc1Nc1nc(Cl)c(Cl)cc1Cl. The quantitative estimate of drug-likeness (QED) is 0.711. The normalized spacial score (nSPS) is 10.1. The highest BCUT2D eigenvalue weighted by Gasteiger charge is 2.10. The van der Waals surface area contributed by atoms with Crippen LogP contribution in [0.5, 0.6) is 0 Å². The molecule has 0 unspecified atom stereocenters. The lowest BCUT2D eigenvalue weighted by Crippen LogP contribution is -1.97. The number of nitrogens with zero attached hydrogens (tertiary/aromatic N) is 2. The number of rotatable bonds is 2. The van der Waals surface area contributed by atoms with Crippen molar-refractivity contribution in [1.29, 1.82) is 5.26 Å². The van der Waals surface area contributed by atoms with Crippen molar-refractivity contribution in [2.24, 2.45) is 0 Å². The molecule has 0 spiro atoms. The number of pyridine rings is 1. The summed E-state index contributed by atoms with van der Waals surface area (Å²) in [5, 5.41) is 12.8. The first-order valence-electron chi connectivity index (χ1n) is 4.99. The molecule has 1 N–H and O–H groups in total. The first-order valence-corrected chi connectivity index (χ1v) is 6.92. The summed E-state index contributed by atoms with van der Waals surface area (Å²) in [6.07, 6.45) is 0. The highest BCUT2D eigenvalue weighted by molar-refractivity contribution is 9.10. The van der Waals surface area contributed by atoms with Gasteiger partial charge in [-0.3, -0.25) is 0 Å². The molecule has 0 radical (unpaired) electrons. The molecule has 96 valence electrons. The van der Waals surface area contributed by atoms with Crippen LogP contribution >= 0.6 is 50.7 Å². The Balaban J connectivity index is 2.42. The van der Waals surface area contributed by atoms with E-state index >= 15 is 0 Å². The van der Waals surface area contributed by atoms with Crippen molar-refractivity contribution < 1.29 is 0 Å². The molecule has 1 heterocycles. The minimum atomic E-state index is 0.143. The van der Waals surface area contributed by atoms with Gasteiger partial charge in [0.25, 0.3) is 0 Å². The molecule has 0 atom stereocenters. The molecule has 3 nitrogen and oxygen atoms in total. The number of nitriles is 1. The standard InChI is InChI=1S/C12H5BrCl3N3/c13-7-1-2-10(6(3-7)5-17)18-12-9(15)4-8(14)11(16)19-12/h1-4H,(H,18,19). The Morgan fingerprint density at radius 2 is 1.89 bits per heavy atom. The van der Waals surface area contributed by atoms with Gasteiger partial charge in [0.15, 0.2) is 5.82 Å². The summed E-state index contributed by atoms with van der Waals surface area (Å²) >= 11 is 21.0. The lowest BCUT2D eigenvalue weighted by atomic mass is 10.2. The van der Waals surface area contributed by atoms with Gasteiger partial charge in [-0.05, 0) is 24.3 Å². The van der Waals surface area contributed by atoms with Gasteiger partial charge in [0.05, 0.1) is 21.3 Å². The van der Waals surface area contributed by atoms with Gasteiger partial charge in [0.1, 0.15) is 11.2 Å². The number of hydrogen-bond donors (Lipinski definition) is 1. The van der Waals surface area contributed by atoms with E-state index in [1.807, 2.05) is 0 Å². The van der Waals surface area contributed by atoms with Crippen LogP contribution in [0.3, 0.4) is 0 Å². The molecular formula is C12H5BrCl3N3. The maximum absolute atomic E-state index is 9.08.